The predicted octanol–water partition coefficient (Wildman–Crippen LogP) is 1.04. The number of anilines is 2. The van der Waals surface area contributed by atoms with Crippen LogP contribution >= 0.6 is 0 Å². The first-order valence-corrected chi connectivity index (χ1v) is 5.80. The number of carbonyl (C=O) groups is 2. The number of nitrogens with zero attached hydrogens (tertiary/aromatic N) is 2. The number of methoxy groups -OCH3 is 1. The van der Waals surface area contributed by atoms with E-state index in [0.717, 1.165) is 0 Å². The van der Waals surface area contributed by atoms with Gasteiger partial charge in [0.05, 0.1) is 24.6 Å². The molecule has 0 saturated carbocycles. The highest BCUT2D eigenvalue weighted by Gasteiger charge is 2.15. The molecule has 104 valence electrons. The number of amides is 1. The van der Waals surface area contributed by atoms with Crippen LogP contribution in [0.5, 0.6) is 0 Å². The minimum atomic E-state index is -0.471. The molecular weight excluding hydrogens is 260 g/mol. The maximum Gasteiger partial charge on any atom is 0.337 e. The molecule has 0 fully saturated rings. The molecule has 0 radical (unpaired) electrons. The smallest absolute Gasteiger partial charge is 0.337 e. The van der Waals surface area contributed by atoms with Gasteiger partial charge in [-0.25, -0.2) is 4.79 Å². The standard InChI is InChI=1S/C13H14N4O3/c1-17-11(10(14)7-15-17)12(18)16-9-5-3-4-8(6-9)13(19)20-2/h3-7H,14H2,1-2H3,(H,16,18). The highest BCUT2D eigenvalue weighted by atomic mass is 16.5. The lowest BCUT2D eigenvalue weighted by atomic mass is 10.2. The third-order valence-corrected chi connectivity index (χ3v) is 2.72. The number of aromatic nitrogens is 2. The topological polar surface area (TPSA) is 99.2 Å². The Kier molecular flexibility index (Phi) is 3.69. The van der Waals surface area contributed by atoms with Crippen molar-refractivity contribution in [3.05, 3.63) is 41.7 Å². The molecule has 0 atom stereocenters. The molecule has 7 heteroatoms. The first-order valence-electron chi connectivity index (χ1n) is 5.80. The molecule has 0 spiro atoms. The summed E-state index contributed by atoms with van der Waals surface area (Å²) in [6, 6.07) is 6.43. The maximum atomic E-state index is 12.1. The van der Waals surface area contributed by atoms with Gasteiger partial charge in [0.15, 0.2) is 0 Å². The van der Waals surface area contributed by atoms with E-state index < -0.39 is 11.9 Å². The summed E-state index contributed by atoms with van der Waals surface area (Å²) in [6.07, 6.45) is 1.40. The zero-order chi connectivity index (χ0) is 14.7. The number of hydrogen-bond donors (Lipinski definition) is 2. The number of carbonyl (C=O) groups excluding carboxylic acids is 2. The van der Waals surface area contributed by atoms with Crippen LogP contribution < -0.4 is 11.1 Å². The van der Waals surface area contributed by atoms with Gasteiger partial charge < -0.3 is 15.8 Å². The van der Waals surface area contributed by atoms with E-state index in [4.69, 9.17) is 5.73 Å². The van der Waals surface area contributed by atoms with Gasteiger partial charge >= 0.3 is 5.97 Å². The Hall–Kier alpha value is -2.83. The number of aryl methyl sites for hydroxylation is 1. The first kappa shape index (κ1) is 13.6. The Bertz CT molecular complexity index is 644. The van der Waals surface area contributed by atoms with Crippen LogP contribution in [0.25, 0.3) is 0 Å². The Morgan fingerprint density at radius 3 is 2.75 bits per heavy atom. The Balaban J connectivity index is 2.22. The summed E-state index contributed by atoms with van der Waals surface area (Å²) in [4.78, 5) is 23.5. The van der Waals surface area contributed by atoms with Crippen molar-refractivity contribution in [3.8, 4) is 0 Å². The van der Waals surface area contributed by atoms with Crippen molar-refractivity contribution in [1.82, 2.24) is 9.78 Å². The summed E-state index contributed by atoms with van der Waals surface area (Å²) < 4.78 is 6.00. The highest BCUT2D eigenvalue weighted by Crippen LogP contribution is 2.15. The first-order chi connectivity index (χ1) is 9.52. The highest BCUT2D eigenvalue weighted by molar-refractivity contribution is 6.06. The van der Waals surface area contributed by atoms with E-state index in [1.807, 2.05) is 0 Å². The maximum absolute atomic E-state index is 12.1. The van der Waals surface area contributed by atoms with Crippen molar-refractivity contribution < 1.29 is 14.3 Å². The summed E-state index contributed by atoms with van der Waals surface area (Å²) in [7, 11) is 2.92. The van der Waals surface area contributed by atoms with Crippen LogP contribution in [0.3, 0.4) is 0 Å². The van der Waals surface area contributed by atoms with Gasteiger partial charge in [-0.3, -0.25) is 9.48 Å². The number of rotatable bonds is 3. The van der Waals surface area contributed by atoms with Crippen molar-refractivity contribution in [2.45, 2.75) is 0 Å². The van der Waals surface area contributed by atoms with Gasteiger partial charge in [-0.1, -0.05) is 6.07 Å². The molecule has 1 aromatic heterocycles. The monoisotopic (exact) mass is 274 g/mol. The van der Waals surface area contributed by atoms with Crippen molar-refractivity contribution in [3.63, 3.8) is 0 Å². The normalized spacial score (nSPS) is 10.1. The van der Waals surface area contributed by atoms with E-state index in [2.05, 4.69) is 15.2 Å². The summed E-state index contributed by atoms with van der Waals surface area (Å²) >= 11 is 0. The molecule has 0 bridgehead atoms. The third kappa shape index (κ3) is 2.61. The quantitative estimate of drug-likeness (QED) is 0.815. The average Bonchev–Trinajstić information content (AvgIpc) is 2.77. The predicted molar refractivity (Wildman–Crippen MR) is 73.4 cm³/mol. The fourth-order valence-electron chi connectivity index (χ4n) is 1.76. The Morgan fingerprint density at radius 1 is 1.40 bits per heavy atom. The lowest BCUT2D eigenvalue weighted by Crippen LogP contribution is -2.18. The SMILES string of the molecule is COC(=O)c1cccc(NC(=O)c2c(N)cnn2C)c1. The minimum absolute atomic E-state index is 0.258. The molecule has 1 amide bonds. The molecule has 2 aromatic rings. The molecule has 0 aliphatic carbocycles. The number of nitrogen functional groups attached to an aromatic ring is 1. The molecule has 0 saturated heterocycles. The molecule has 0 unspecified atom stereocenters. The van der Waals surface area contributed by atoms with Gasteiger partial charge in [0, 0.05) is 12.7 Å². The van der Waals surface area contributed by atoms with Crippen molar-refractivity contribution >= 4 is 23.3 Å². The van der Waals surface area contributed by atoms with Gasteiger partial charge in [-0.05, 0) is 18.2 Å². The summed E-state index contributed by atoms with van der Waals surface area (Å²) in [5, 5.41) is 6.55. The Morgan fingerprint density at radius 2 is 2.15 bits per heavy atom. The number of nitrogens with two attached hydrogens (primary N) is 1. The van der Waals surface area contributed by atoms with Crippen molar-refractivity contribution in [1.29, 1.82) is 0 Å². The van der Waals surface area contributed by atoms with E-state index in [0.29, 0.717) is 11.3 Å². The zero-order valence-electron chi connectivity index (χ0n) is 11.1. The van der Waals surface area contributed by atoms with E-state index in [9.17, 15) is 9.59 Å². The number of ether oxygens (including phenoxy) is 1. The molecule has 1 heterocycles. The fraction of sp³-hybridized carbons (Fsp3) is 0.154. The van der Waals surface area contributed by atoms with Crippen LogP contribution in [0.1, 0.15) is 20.8 Å². The second-order valence-corrected chi connectivity index (χ2v) is 4.10. The Labute approximate surface area is 115 Å². The van der Waals surface area contributed by atoms with Crippen LogP contribution in [0.2, 0.25) is 0 Å². The summed E-state index contributed by atoms with van der Waals surface area (Å²) in [5.41, 5.74) is 7.04. The van der Waals surface area contributed by atoms with E-state index in [1.165, 1.54) is 24.1 Å². The minimum Gasteiger partial charge on any atom is -0.465 e. The molecule has 0 aliphatic rings. The van der Waals surface area contributed by atoms with Gasteiger partial charge in [-0.2, -0.15) is 5.10 Å². The van der Waals surface area contributed by atoms with Crippen LogP contribution in [-0.2, 0) is 11.8 Å². The van der Waals surface area contributed by atoms with Gasteiger partial charge in [0.25, 0.3) is 5.91 Å². The van der Waals surface area contributed by atoms with E-state index >= 15 is 0 Å². The molecule has 0 aliphatic heterocycles. The largest absolute Gasteiger partial charge is 0.465 e. The number of hydrogen-bond acceptors (Lipinski definition) is 5. The van der Waals surface area contributed by atoms with Gasteiger partial charge in [0.2, 0.25) is 0 Å². The molecule has 20 heavy (non-hydrogen) atoms. The number of benzene rings is 1. The summed E-state index contributed by atoms with van der Waals surface area (Å²) in [6.45, 7) is 0. The fourth-order valence-corrected chi connectivity index (χ4v) is 1.76. The van der Waals surface area contributed by atoms with Crippen LogP contribution in [-0.4, -0.2) is 28.8 Å². The lowest BCUT2D eigenvalue weighted by Gasteiger charge is -2.07. The molecular formula is C13H14N4O3. The number of nitrogens with one attached hydrogen (secondary N) is 1. The van der Waals surface area contributed by atoms with Gasteiger partial charge in [0.1, 0.15) is 5.69 Å². The van der Waals surface area contributed by atoms with Crippen LogP contribution in [0.15, 0.2) is 30.5 Å². The van der Waals surface area contributed by atoms with E-state index in [1.54, 1.807) is 25.2 Å². The average molecular weight is 274 g/mol. The summed E-state index contributed by atoms with van der Waals surface area (Å²) in [5.74, 6) is -0.870. The van der Waals surface area contributed by atoms with E-state index in [-0.39, 0.29) is 11.4 Å². The van der Waals surface area contributed by atoms with Gasteiger partial charge in [-0.15, -0.1) is 0 Å². The van der Waals surface area contributed by atoms with Crippen LogP contribution in [0.4, 0.5) is 11.4 Å². The van der Waals surface area contributed by atoms with Crippen molar-refractivity contribution in [2.24, 2.45) is 7.05 Å². The van der Waals surface area contributed by atoms with Crippen LogP contribution in [0, 0.1) is 0 Å². The molecule has 1 aromatic carbocycles. The molecule has 2 rings (SSSR count). The lowest BCUT2D eigenvalue weighted by molar-refractivity contribution is 0.0600. The third-order valence-electron chi connectivity index (χ3n) is 2.72. The molecule has 7 nitrogen and oxygen atoms in total. The second kappa shape index (κ2) is 5.43. The van der Waals surface area contributed by atoms with Crippen molar-refractivity contribution in [2.75, 3.05) is 18.2 Å². The molecule has 3 N–H and O–H groups in total. The number of esters is 1. The second-order valence-electron chi connectivity index (χ2n) is 4.10. The zero-order valence-corrected chi connectivity index (χ0v) is 11.1.